The summed E-state index contributed by atoms with van der Waals surface area (Å²) in [6.45, 7) is 6.00. The molecule has 0 saturated heterocycles. The summed E-state index contributed by atoms with van der Waals surface area (Å²) in [5, 5.41) is 6.18. The van der Waals surface area contributed by atoms with Crippen LogP contribution in [0.5, 0.6) is 0 Å². The molecule has 2 atom stereocenters. The number of rotatable bonds is 8. The molecular weight excluding hydrogens is 374 g/mol. The van der Waals surface area contributed by atoms with E-state index in [2.05, 4.69) is 24.5 Å². The molecule has 0 saturated carbocycles. The normalized spacial score (nSPS) is 14.1. The van der Waals surface area contributed by atoms with E-state index in [1.807, 2.05) is 30.3 Å². The topological polar surface area (TPSA) is 78.5 Å². The third kappa shape index (κ3) is 5.41. The van der Waals surface area contributed by atoms with Crippen molar-refractivity contribution in [2.24, 2.45) is 5.92 Å². The van der Waals surface area contributed by atoms with Crippen molar-refractivity contribution in [3.8, 4) is 0 Å². The van der Waals surface area contributed by atoms with Gasteiger partial charge in [-0.1, -0.05) is 50.2 Å². The van der Waals surface area contributed by atoms with Crippen molar-refractivity contribution in [1.29, 1.82) is 0 Å². The maximum absolute atomic E-state index is 12.7. The van der Waals surface area contributed by atoms with Crippen LogP contribution in [0.25, 0.3) is 0 Å². The molecule has 28 heavy (non-hydrogen) atoms. The molecule has 2 aromatic carbocycles. The Morgan fingerprint density at radius 2 is 1.61 bits per heavy atom. The summed E-state index contributed by atoms with van der Waals surface area (Å²) in [5.74, 6) is 0.0761. The van der Waals surface area contributed by atoms with E-state index in [0.717, 1.165) is 9.87 Å². The summed E-state index contributed by atoms with van der Waals surface area (Å²) < 4.78 is 25.7. The molecule has 0 fully saturated rings. The smallest absolute Gasteiger partial charge is 0.242 e. The second kappa shape index (κ2) is 9.32. The molecule has 2 N–H and O–H groups in total. The van der Waals surface area contributed by atoms with Gasteiger partial charge in [-0.05, 0) is 36.6 Å². The number of hydrogen-bond acceptors (Lipinski definition) is 4. The summed E-state index contributed by atoms with van der Waals surface area (Å²) in [5.41, 5.74) is 1.57. The average Bonchev–Trinajstić information content (AvgIpc) is 2.66. The van der Waals surface area contributed by atoms with E-state index in [1.54, 1.807) is 19.1 Å². The Kier molecular flexibility index (Phi) is 7.35. The van der Waals surface area contributed by atoms with Crippen molar-refractivity contribution in [2.75, 3.05) is 19.4 Å². The van der Waals surface area contributed by atoms with Crippen molar-refractivity contribution < 1.29 is 13.2 Å². The Morgan fingerprint density at radius 1 is 0.964 bits per heavy atom. The molecule has 0 aliphatic heterocycles. The second-order valence-corrected chi connectivity index (χ2v) is 9.48. The van der Waals surface area contributed by atoms with Crippen LogP contribution in [0.2, 0.25) is 0 Å². The van der Waals surface area contributed by atoms with Gasteiger partial charge in [-0.2, -0.15) is 0 Å². The van der Waals surface area contributed by atoms with E-state index >= 15 is 0 Å². The molecule has 0 heterocycles. The summed E-state index contributed by atoms with van der Waals surface area (Å²) in [6.07, 6.45) is 0. The van der Waals surface area contributed by atoms with Crippen LogP contribution in [0.15, 0.2) is 59.5 Å². The molecule has 0 radical (unpaired) electrons. The third-order valence-electron chi connectivity index (χ3n) is 4.53. The van der Waals surface area contributed by atoms with Crippen LogP contribution in [-0.2, 0) is 14.8 Å². The fourth-order valence-electron chi connectivity index (χ4n) is 2.87. The first kappa shape index (κ1) is 22.1. The Labute approximate surface area is 168 Å². The fourth-order valence-corrected chi connectivity index (χ4v) is 3.82. The molecule has 7 heteroatoms. The van der Waals surface area contributed by atoms with Crippen molar-refractivity contribution in [1.82, 2.24) is 9.62 Å². The quantitative estimate of drug-likeness (QED) is 0.709. The van der Waals surface area contributed by atoms with Gasteiger partial charge in [-0.25, -0.2) is 12.7 Å². The predicted molar refractivity (Wildman–Crippen MR) is 113 cm³/mol. The zero-order chi connectivity index (χ0) is 20.9. The standard InChI is InChI=1S/C21H29N3O3S/c1-15(2)20(17-10-7-6-8-11-17)22-16(3)21(25)23-18-12-9-13-19(14-18)28(26,27)24(4)5/h6-16,20,22H,1-5H3,(H,23,25)/t16-,20+/m0/s1. The van der Waals surface area contributed by atoms with Crippen LogP contribution in [0.1, 0.15) is 32.4 Å². The lowest BCUT2D eigenvalue weighted by atomic mass is 9.95. The highest BCUT2D eigenvalue weighted by atomic mass is 32.2. The van der Waals surface area contributed by atoms with Crippen LogP contribution in [0.4, 0.5) is 5.69 Å². The van der Waals surface area contributed by atoms with Crippen molar-refractivity contribution in [3.05, 3.63) is 60.2 Å². The van der Waals surface area contributed by atoms with Gasteiger partial charge in [-0.15, -0.1) is 0 Å². The molecule has 6 nitrogen and oxygen atoms in total. The van der Waals surface area contributed by atoms with E-state index in [1.165, 1.54) is 26.2 Å². The minimum Gasteiger partial charge on any atom is -0.325 e. The van der Waals surface area contributed by atoms with Gasteiger partial charge >= 0.3 is 0 Å². The lowest BCUT2D eigenvalue weighted by molar-refractivity contribution is -0.118. The van der Waals surface area contributed by atoms with Crippen LogP contribution in [0.3, 0.4) is 0 Å². The largest absolute Gasteiger partial charge is 0.325 e. The van der Waals surface area contributed by atoms with Crippen LogP contribution in [-0.4, -0.2) is 38.8 Å². The highest BCUT2D eigenvalue weighted by Crippen LogP contribution is 2.22. The van der Waals surface area contributed by atoms with Crippen molar-refractivity contribution in [2.45, 2.75) is 37.8 Å². The zero-order valence-corrected chi connectivity index (χ0v) is 17.8. The van der Waals surface area contributed by atoms with Gasteiger partial charge in [0, 0.05) is 25.8 Å². The van der Waals surface area contributed by atoms with Gasteiger partial charge in [-0.3, -0.25) is 10.1 Å². The zero-order valence-electron chi connectivity index (χ0n) is 17.0. The van der Waals surface area contributed by atoms with Gasteiger partial charge in [0.25, 0.3) is 0 Å². The molecule has 152 valence electrons. The molecular formula is C21H29N3O3S. The molecule has 0 aromatic heterocycles. The summed E-state index contributed by atoms with van der Waals surface area (Å²) >= 11 is 0. The second-order valence-electron chi connectivity index (χ2n) is 7.33. The summed E-state index contributed by atoms with van der Waals surface area (Å²) in [7, 11) is -0.606. The Balaban J connectivity index is 2.12. The molecule has 0 aliphatic rings. The van der Waals surface area contributed by atoms with Crippen LogP contribution >= 0.6 is 0 Å². The first-order valence-electron chi connectivity index (χ1n) is 9.27. The molecule has 2 aromatic rings. The molecule has 0 bridgehead atoms. The number of carbonyl (C=O) groups is 1. The summed E-state index contributed by atoms with van der Waals surface area (Å²) in [6, 6.07) is 15.8. The highest BCUT2D eigenvalue weighted by Gasteiger charge is 2.22. The van der Waals surface area contributed by atoms with E-state index in [4.69, 9.17) is 0 Å². The Hall–Kier alpha value is -2.22. The van der Waals surface area contributed by atoms with E-state index in [9.17, 15) is 13.2 Å². The molecule has 0 aliphatic carbocycles. The Bertz CT molecular complexity index is 896. The number of amides is 1. The van der Waals surface area contributed by atoms with Gasteiger partial charge < -0.3 is 5.32 Å². The molecule has 0 unspecified atom stereocenters. The van der Waals surface area contributed by atoms with Gasteiger partial charge in [0.1, 0.15) is 0 Å². The number of anilines is 1. The third-order valence-corrected chi connectivity index (χ3v) is 6.34. The van der Waals surface area contributed by atoms with Crippen molar-refractivity contribution >= 4 is 21.6 Å². The van der Waals surface area contributed by atoms with E-state index in [0.29, 0.717) is 11.6 Å². The minimum absolute atomic E-state index is 0.0300. The van der Waals surface area contributed by atoms with Gasteiger partial charge in [0.05, 0.1) is 10.9 Å². The number of carbonyl (C=O) groups excluding carboxylic acids is 1. The van der Waals surface area contributed by atoms with Crippen molar-refractivity contribution in [3.63, 3.8) is 0 Å². The van der Waals surface area contributed by atoms with E-state index in [-0.39, 0.29) is 16.8 Å². The number of benzene rings is 2. The number of sulfonamides is 1. The van der Waals surface area contributed by atoms with Gasteiger partial charge in [0.15, 0.2) is 0 Å². The number of hydrogen-bond donors (Lipinski definition) is 2. The van der Waals surface area contributed by atoms with Crippen LogP contribution in [0, 0.1) is 5.92 Å². The average molecular weight is 404 g/mol. The maximum Gasteiger partial charge on any atom is 0.242 e. The molecule has 0 spiro atoms. The van der Waals surface area contributed by atoms with Crippen LogP contribution < -0.4 is 10.6 Å². The highest BCUT2D eigenvalue weighted by molar-refractivity contribution is 7.89. The first-order valence-corrected chi connectivity index (χ1v) is 10.7. The molecule has 2 rings (SSSR count). The summed E-state index contributed by atoms with van der Waals surface area (Å²) in [4.78, 5) is 12.8. The Morgan fingerprint density at radius 3 is 2.18 bits per heavy atom. The number of nitrogens with zero attached hydrogens (tertiary/aromatic N) is 1. The predicted octanol–water partition coefficient (Wildman–Crippen LogP) is 3.25. The van der Waals surface area contributed by atoms with Gasteiger partial charge in [0.2, 0.25) is 15.9 Å². The minimum atomic E-state index is -3.56. The lowest BCUT2D eigenvalue weighted by Gasteiger charge is -2.26. The lowest BCUT2D eigenvalue weighted by Crippen LogP contribution is -2.41. The van der Waals surface area contributed by atoms with E-state index < -0.39 is 16.1 Å². The monoisotopic (exact) mass is 403 g/mol. The molecule has 1 amide bonds. The SMILES string of the molecule is CC(C)[C@@H](N[C@@H](C)C(=O)Nc1cccc(S(=O)(=O)N(C)C)c1)c1ccccc1. The number of nitrogens with one attached hydrogen (secondary N) is 2. The first-order chi connectivity index (χ1) is 13.1. The fraction of sp³-hybridized carbons (Fsp3) is 0.381. The maximum atomic E-state index is 12.7.